The van der Waals surface area contributed by atoms with Crippen molar-refractivity contribution in [3.63, 3.8) is 0 Å². The Morgan fingerprint density at radius 2 is 1.53 bits per heavy atom. The molecule has 0 atom stereocenters. The summed E-state index contributed by atoms with van der Waals surface area (Å²) in [4.78, 5) is 0. The van der Waals surface area contributed by atoms with E-state index in [4.69, 9.17) is 33.1 Å². The second-order valence-electron chi connectivity index (χ2n) is 4.02. The minimum absolute atomic E-state index is 0.734. The molecule has 2 nitrogen and oxygen atoms in total. The zero-order valence-corrected chi connectivity index (χ0v) is 13.5. The number of unbranched alkanes of at least 4 members (excludes halogenated alkanes) is 3. The number of thiocarbonyl (C=S) groups is 1. The third-order valence-corrected chi connectivity index (χ3v) is 5.76. The Morgan fingerprint density at radius 3 is 1.94 bits per heavy atom. The number of hydrogen-bond donors (Lipinski definition) is 0. The van der Waals surface area contributed by atoms with Gasteiger partial charge in [-0.1, -0.05) is 38.9 Å². The highest BCUT2D eigenvalue weighted by Crippen LogP contribution is 2.49. The molecule has 0 aliphatic carbocycles. The second kappa shape index (κ2) is 11.7. The molecule has 0 aromatic rings. The molecule has 5 heteroatoms. The molecule has 0 aromatic heterocycles. The monoisotopic (exact) mass is 296 g/mol. The highest BCUT2D eigenvalue weighted by atomic mass is 32.5. The van der Waals surface area contributed by atoms with Gasteiger partial charge in [0.2, 0.25) is 0 Å². The molecule has 0 saturated carbocycles. The van der Waals surface area contributed by atoms with Gasteiger partial charge in [0.05, 0.1) is 13.2 Å². The molecule has 0 fully saturated rings. The highest BCUT2D eigenvalue weighted by Gasteiger charge is 2.17. The first-order valence-electron chi connectivity index (χ1n) is 6.50. The average Bonchev–Trinajstić information content (AvgIpc) is 2.30. The van der Waals surface area contributed by atoms with Gasteiger partial charge in [0, 0.05) is 6.16 Å². The van der Waals surface area contributed by atoms with Crippen molar-refractivity contribution in [2.75, 3.05) is 19.4 Å². The summed E-state index contributed by atoms with van der Waals surface area (Å²) in [5.74, 6) is 0. The van der Waals surface area contributed by atoms with Crippen LogP contribution in [-0.4, -0.2) is 24.7 Å². The molecule has 0 aromatic carbocycles. The molecule has 0 aliphatic heterocycles. The lowest BCUT2D eigenvalue weighted by Crippen LogP contribution is -2.03. The van der Waals surface area contributed by atoms with E-state index in [0.717, 1.165) is 57.9 Å². The van der Waals surface area contributed by atoms with E-state index in [2.05, 4.69) is 13.8 Å². The summed E-state index contributed by atoms with van der Waals surface area (Å²) in [7, 11) is 0. The van der Waals surface area contributed by atoms with Crippen molar-refractivity contribution in [3.05, 3.63) is 0 Å². The van der Waals surface area contributed by atoms with Crippen LogP contribution in [0.1, 0.15) is 52.4 Å². The van der Waals surface area contributed by atoms with Crippen molar-refractivity contribution >= 4 is 35.9 Å². The van der Waals surface area contributed by atoms with Gasteiger partial charge in [-0.2, -0.15) is 0 Å². The van der Waals surface area contributed by atoms with Gasteiger partial charge in [-0.25, -0.2) is 0 Å². The van der Waals surface area contributed by atoms with Gasteiger partial charge in [-0.3, -0.25) is 0 Å². The Morgan fingerprint density at radius 1 is 1.00 bits per heavy atom. The van der Waals surface area contributed by atoms with E-state index in [9.17, 15) is 0 Å². The van der Waals surface area contributed by atoms with Crippen LogP contribution in [0.4, 0.5) is 0 Å². The molecule has 0 unspecified atom stereocenters. The van der Waals surface area contributed by atoms with Crippen molar-refractivity contribution in [1.82, 2.24) is 0 Å². The quantitative estimate of drug-likeness (QED) is 0.295. The third-order valence-electron chi connectivity index (χ3n) is 2.33. The van der Waals surface area contributed by atoms with Crippen molar-refractivity contribution in [1.29, 1.82) is 0 Å². The Kier molecular flexibility index (Phi) is 12.2. The van der Waals surface area contributed by atoms with Gasteiger partial charge in [0.25, 0.3) is 0 Å². The van der Waals surface area contributed by atoms with Gasteiger partial charge in [0.15, 0.2) is 6.49 Å². The summed E-state index contributed by atoms with van der Waals surface area (Å²) in [5, 5.41) is 1.76. The van der Waals surface area contributed by atoms with Crippen LogP contribution in [0.3, 0.4) is 0 Å². The lowest BCUT2D eigenvalue weighted by atomic mass is 10.4. The second-order valence-corrected chi connectivity index (χ2v) is 8.20. The lowest BCUT2D eigenvalue weighted by molar-refractivity contribution is 0.240. The largest absolute Gasteiger partial charge is 0.329 e. The fourth-order valence-corrected chi connectivity index (χ4v) is 3.95. The summed E-state index contributed by atoms with van der Waals surface area (Å²) in [6.07, 6.45) is 7.13. The maximum atomic E-state index is 5.82. The maximum absolute atomic E-state index is 5.82. The van der Waals surface area contributed by atoms with E-state index in [1.807, 2.05) is 0 Å². The zero-order valence-electron chi connectivity index (χ0n) is 11.0. The molecule has 0 radical (unpaired) electrons. The van der Waals surface area contributed by atoms with E-state index in [1.54, 1.807) is 5.37 Å². The molecular weight excluding hydrogens is 271 g/mol. The summed E-state index contributed by atoms with van der Waals surface area (Å²) in [5.41, 5.74) is 0. The highest BCUT2D eigenvalue weighted by molar-refractivity contribution is 8.09. The molecule has 0 amide bonds. The molecule has 0 heterocycles. The summed E-state index contributed by atoms with van der Waals surface area (Å²) >= 11 is 10.4. The minimum atomic E-state index is -2.04. The molecule has 0 aliphatic rings. The van der Waals surface area contributed by atoms with E-state index >= 15 is 0 Å². The van der Waals surface area contributed by atoms with Gasteiger partial charge >= 0.3 is 0 Å². The molecule has 0 bridgehead atoms. The van der Waals surface area contributed by atoms with Crippen molar-refractivity contribution < 1.29 is 9.05 Å². The van der Waals surface area contributed by atoms with Crippen LogP contribution in [0, 0.1) is 0 Å². The first kappa shape index (κ1) is 17.7. The predicted octanol–water partition coefficient (Wildman–Crippen LogP) is 4.71. The van der Waals surface area contributed by atoms with Crippen molar-refractivity contribution in [3.8, 4) is 0 Å². The fourth-order valence-electron chi connectivity index (χ4n) is 1.23. The maximum Gasteiger partial charge on any atom is 0.188 e. The zero-order chi connectivity index (χ0) is 13.0. The molecule has 0 saturated heterocycles. The molecule has 17 heavy (non-hydrogen) atoms. The molecular formula is C12H25O2PS2. The standard InChI is InChI=1S/C12H25O2PS2/c1-3-5-9-13-15(17,11-7-8-12-16)14-10-6-4-2/h12H,3-11H2,1-2H3. The molecule has 0 rings (SSSR count). The van der Waals surface area contributed by atoms with Crippen LogP contribution in [0.5, 0.6) is 0 Å². The SMILES string of the molecule is CCCCOP(=S)(CCCC=S)OCCCC. The molecule has 0 spiro atoms. The van der Waals surface area contributed by atoms with Crippen LogP contribution < -0.4 is 0 Å². The number of rotatable bonds is 12. The number of hydrogen-bond acceptors (Lipinski definition) is 4. The third kappa shape index (κ3) is 10.3. The fraction of sp³-hybridized carbons (Fsp3) is 0.917. The Hall–Kier alpha value is 0.660. The molecule has 0 N–H and O–H groups in total. The smallest absolute Gasteiger partial charge is 0.188 e. The topological polar surface area (TPSA) is 18.5 Å². The Labute approximate surface area is 117 Å². The van der Waals surface area contributed by atoms with Crippen LogP contribution in [0.2, 0.25) is 0 Å². The van der Waals surface area contributed by atoms with Crippen LogP contribution in [0.15, 0.2) is 0 Å². The first-order valence-corrected chi connectivity index (χ1v) is 9.79. The van der Waals surface area contributed by atoms with Gasteiger partial charge in [-0.05, 0) is 42.9 Å². The predicted molar refractivity (Wildman–Crippen MR) is 83.8 cm³/mol. The first-order chi connectivity index (χ1) is 8.18. The Bertz CT molecular complexity index is 221. The van der Waals surface area contributed by atoms with E-state index < -0.39 is 6.49 Å². The van der Waals surface area contributed by atoms with Crippen molar-refractivity contribution in [2.24, 2.45) is 0 Å². The average molecular weight is 296 g/mol. The van der Waals surface area contributed by atoms with E-state index in [-0.39, 0.29) is 0 Å². The minimum Gasteiger partial charge on any atom is -0.329 e. The van der Waals surface area contributed by atoms with Gasteiger partial charge in [0.1, 0.15) is 0 Å². The van der Waals surface area contributed by atoms with Gasteiger partial charge < -0.3 is 9.05 Å². The Balaban J connectivity index is 4.04. The summed E-state index contributed by atoms with van der Waals surface area (Å²) < 4.78 is 11.6. The molecule has 102 valence electrons. The summed E-state index contributed by atoms with van der Waals surface area (Å²) in [6.45, 7) is 3.73. The van der Waals surface area contributed by atoms with E-state index in [1.165, 1.54) is 0 Å². The van der Waals surface area contributed by atoms with Crippen molar-refractivity contribution in [2.45, 2.75) is 52.4 Å². The van der Waals surface area contributed by atoms with E-state index in [0.29, 0.717) is 0 Å². The van der Waals surface area contributed by atoms with Crippen LogP contribution in [-0.2, 0) is 20.9 Å². The normalized spacial score (nSPS) is 11.6. The lowest BCUT2D eigenvalue weighted by Gasteiger charge is -2.22. The van der Waals surface area contributed by atoms with Gasteiger partial charge in [-0.15, -0.1) is 0 Å². The van der Waals surface area contributed by atoms with Crippen LogP contribution in [0.25, 0.3) is 0 Å². The van der Waals surface area contributed by atoms with Crippen LogP contribution >= 0.6 is 18.7 Å². The summed E-state index contributed by atoms with van der Waals surface area (Å²) in [6, 6.07) is 0.